The van der Waals surface area contributed by atoms with E-state index in [0.29, 0.717) is 0 Å². The molecule has 132 valence electrons. The first-order chi connectivity index (χ1) is 9.30. The Labute approximate surface area is 114 Å². The van der Waals surface area contributed by atoms with E-state index >= 15 is 0 Å². The predicted molar refractivity (Wildman–Crippen MR) is 45.1 cm³/mol. The van der Waals surface area contributed by atoms with Crippen molar-refractivity contribution in [3.8, 4) is 0 Å². The van der Waals surface area contributed by atoms with Gasteiger partial charge in [-0.2, -0.15) is 25.2 Å². The van der Waals surface area contributed by atoms with Gasteiger partial charge in [0.25, 0.3) is 0 Å². The molecule has 0 amide bonds. The van der Waals surface area contributed by atoms with Gasteiger partial charge in [0.05, 0.1) is 0 Å². The summed E-state index contributed by atoms with van der Waals surface area (Å²) in [5, 5.41) is -6.37. The quantitative estimate of drug-likeness (QED) is 0.397. The van der Waals surface area contributed by atoms with Gasteiger partial charge in [-0.15, -0.1) is 35.1 Å². The number of alkyl halides is 6. The molecule has 0 radical (unpaired) electrons. The molecular weight excluding hydrogens is 392 g/mol. The van der Waals surface area contributed by atoms with E-state index in [-0.39, 0.29) is 0 Å². The van der Waals surface area contributed by atoms with E-state index in [0.717, 1.165) is 0 Å². The van der Waals surface area contributed by atoms with Gasteiger partial charge in [0, 0.05) is 0 Å². The predicted octanol–water partition coefficient (Wildman–Crippen LogP) is 1.88. The lowest BCUT2D eigenvalue weighted by atomic mass is 11.4. The van der Waals surface area contributed by atoms with Gasteiger partial charge in [0.2, 0.25) is 0 Å². The molecule has 8 nitrogen and oxygen atoms in total. The molecule has 0 aromatic rings. The van der Waals surface area contributed by atoms with Gasteiger partial charge < -0.3 is 0 Å². The van der Waals surface area contributed by atoms with Crippen molar-refractivity contribution in [2.75, 3.05) is 0 Å². The van der Waals surface area contributed by atoms with Crippen LogP contribution in [0.1, 0.15) is 0 Å². The molecule has 18 heteroatoms. The third-order valence-corrected chi connectivity index (χ3v) is 2.40. The van der Waals surface area contributed by atoms with E-state index in [1.165, 1.54) is 0 Å². The summed E-state index contributed by atoms with van der Waals surface area (Å²) in [6.45, 7) is 0. The lowest BCUT2D eigenvalue weighted by Gasteiger charge is -2.02. The zero-order valence-corrected chi connectivity index (χ0v) is 10.7. The van der Waals surface area contributed by atoms with E-state index in [2.05, 4.69) is 8.37 Å². The van der Waals surface area contributed by atoms with E-state index in [9.17, 15) is 61.5 Å². The van der Waals surface area contributed by atoms with Crippen molar-refractivity contribution < 1.29 is 69.9 Å². The summed E-state index contributed by atoms with van der Waals surface area (Å²) in [4.78, 5) is 18.5. The number of carbonyl (C=O) groups excluding carboxylic acids is 2. The fraction of sp³-hybridized carbons (Fsp3) is 0.500. The monoisotopic (exact) mass is 392 g/mol. The fourth-order valence-corrected chi connectivity index (χ4v) is 0.943. The number of carbonyl (C=O) groups is 2. The summed E-state index contributed by atoms with van der Waals surface area (Å²) in [7, 11) is -11.6. The van der Waals surface area contributed by atoms with Crippen LogP contribution >= 0.6 is 0 Å². The van der Waals surface area contributed by atoms with Gasteiger partial charge in [-0.1, -0.05) is 0 Å². The molecule has 22 heavy (non-hydrogen) atoms. The molecular formula is C4F8O8S2. The van der Waals surface area contributed by atoms with E-state index in [1.54, 1.807) is 0 Å². The second-order valence-corrected chi connectivity index (χ2v) is 5.23. The number of hydrogen-bond donors (Lipinski definition) is 0. The van der Waals surface area contributed by atoms with Gasteiger partial charge >= 0.3 is 43.7 Å². The highest BCUT2D eigenvalue weighted by atomic mass is 32.2. The van der Waals surface area contributed by atoms with E-state index in [1.807, 2.05) is 0 Å². The Balaban J connectivity index is 0. The molecule has 0 spiro atoms. The summed E-state index contributed by atoms with van der Waals surface area (Å²) in [5.74, 6) is 0. The molecule has 0 bridgehead atoms. The minimum Gasteiger partial charge on any atom is -0.239 e. The number of hydrogen-bond acceptors (Lipinski definition) is 8. The molecule has 0 aliphatic carbocycles. The van der Waals surface area contributed by atoms with Crippen LogP contribution in [0.2, 0.25) is 0 Å². The Kier molecular flexibility index (Phi) is 7.53. The second kappa shape index (κ2) is 7.24. The molecule has 0 saturated heterocycles. The van der Waals surface area contributed by atoms with Crippen molar-refractivity contribution in [3.63, 3.8) is 0 Å². The van der Waals surface area contributed by atoms with Gasteiger partial charge in [0.15, 0.2) is 0 Å². The standard InChI is InChI=1S/2C2F4O4S/c2*3-1(7)11(8,9)10-2(4,5)6. The van der Waals surface area contributed by atoms with Crippen LogP contribution < -0.4 is 0 Å². The fourth-order valence-electron chi connectivity index (χ4n) is 0.314. The molecule has 0 unspecified atom stereocenters. The van der Waals surface area contributed by atoms with Crippen molar-refractivity contribution in [2.45, 2.75) is 12.7 Å². The topological polar surface area (TPSA) is 121 Å². The summed E-state index contributed by atoms with van der Waals surface area (Å²) >= 11 is 0. The van der Waals surface area contributed by atoms with Gasteiger partial charge in [-0.3, -0.25) is 0 Å². The van der Waals surface area contributed by atoms with Crippen LogP contribution in [0, 0.1) is 0 Å². The first-order valence-corrected chi connectivity index (χ1v) is 6.55. The highest BCUT2D eigenvalue weighted by molar-refractivity contribution is 8.01. The summed E-state index contributed by atoms with van der Waals surface area (Å²) in [6, 6.07) is 0. The van der Waals surface area contributed by atoms with Crippen LogP contribution in [-0.2, 0) is 28.6 Å². The summed E-state index contributed by atoms with van der Waals surface area (Å²) in [5.41, 5.74) is 0. The van der Waals surface area contributed by atoms with Crippen LogP contribution in [-0.4, -0.2) is 40.3 Å². The van der Waals surface area contributed by atoms with E-state index < -0.39 is 43.7 Å². The van der Waals surface area contributed by atoms with E-state index in [4.69, 9.17) is 0 Å². The molecule has 0 saturated carbocycles. The Morgan fingerprint density at radius 3 is 0.864 bits per heavy atom. The van der Waals surface area contributed by atoms with Crippen molar-refractivity contribution in [2.24, 2.45) is 0 Å². The maximum atomic E-state index is 11.2. The Hall–Kier alpha value is -1.40. The zero-order valence-electron chi connectivity index (χ0n) is 9.11. The van der Waals surface area contributed by atoms with Gasteiger partial charge in [-0.05, 0) is 0 Å². The smallest absolute Gasteiger partial charge is 0.239 e. The van der Waals surface area contributed by atoms with Crippen LogP contribution in [0.3, 0.4) is 0 Å². The Morgan fingerprint density at radius 2 is 0.818 bits per heavy atom. The lowest BCUT2D eigenvalue weighted by Crippen LogP contribution is -2.22. The minimum atomic E-state index is -5.79. The maximum absolute atomic E-state index is 11.2. The molecule has 0 rings (SSSR count). The average Bonchev–Trinajstić information content (AvgIpc) is 2.09. The zero-order chi connectivity index (χ0) is 18.6. The number of rotatable bonds is 2. The molecule has 0 aliphatic heterocycles. The highest BCUT2D eigenvalue weighted by Crippen LogP contribution is 2.21. The summed E-state index contributed by atoms with van der Waals surface area (Å²) in [6.07, 6.45) is -11.2. The van der Waals surface area contributed by atoms with Crippen molar-refractivity contribution in [1.29, 1.82) is 0 Å². The largest absolute Gasteiger partial charge is 0.537 e. The number of halogens is 8. The van der Waals surface area contributed by atoms with Crippen LogP contribution in [0.25, 0.3) is 0 Å². The van der Waals surface area contributed by atoms with Crippen molar-refractivity contribution >= 4 is 31.0 Å². The molecule has 0 aliphatic rings. The Morgan fingerprint density at radius 1 is 0.636 bits per heavy atom. The first-order valence-electron chi connectivity index (χ1n) is 3.74. The maximum Gasteiger partial charge on any atom is 0.537 e. The minimum absolute atomic E-state index is 2.13. The normalized spacial score (nSPS) is 13.1. The Bertz CT molecular complexity index is 556. The molecule has 0 heterocycles. The van der Waals surface area contributed by atoms with Crippen molar-refractivity contribution in [3.05, 3.63) is 0 Å². The highest BCUT2D eigenvalue weighted by Gasteiger charge is 2.41. The molecule has 0 N–H and O–H groups in total. The van der Waals surface area contributed by atoms with Gasteiger partial charge in [0.1, 0.15) is 0 Å². The third kappa shape index (κ3) is 11.3. The molecule has 0 atom stereocenters. The van der Waals surface area contributed by atoms with Crippen LogP contribution in [0.4, 0.5) is 44.7 Å². The lowest BCUT2D eigenvalue weighted by molar-refractivity contribution is -0.272. The van der Waals surface area contributed by atoms with Gasteiger partial charge in [-0.25, -0.2) is 9.59 Å². The molecule has 0 aromatic carbocycles. The molecule has 0 aromatic heterocycles. The first kappa shape index (κ1) is 22.9. The van der Waals surface area contributed by atoms with Crippen molar-refractivity contribution in [1.82, 2.24) is 0 Å². The second-order valence-electron chi connectivity index (χ2n) is 2.44. The van der Waals surface area contributed by atoms with Crippen LogP contribution in [0.15, 0.2) is 0 Å². The average molecular weight is 392 g/mol. The van der Waals surface area contributed by atoms with Crippen LogP contribution in [0.5, 0.6) is 0 Å². The summed E-state index contributed by atoms with van der Waals surface area (Å²) < 4.78 is 131. The molecule has 0 fully saturated rings. The third-order valence-electron chi connectivity index (χ3n) is 0.802. The SMILES string of the molecule is O=C(F)S(=O)(=O)OC(F)(F)F.O=C(F)S(=O)(=O)OC(F)(F)F.